The van der Waals surface area contributed by atoms with Crippen LogP contribution in [0, 0.1) is 0 Å². The smallest absolute Gasteiger partial charge is 0.254 e. The highest BCUT2D eigenvalue weighted by Gasteiger charge is 2.06. The number of hydrogen-bond donors (Lipinski definition) is 1. The molecular weight excluding hydrogens is 268 g/mol. The van der Waals surface area contributed by atoms with Crippen molar-refractivity contribution in [2.45, 2.75) is 6.42 Å². The molecule has 0 radical (unpaired) electrons. The summed E-state index contributed by atoms with van der Waals surface area (Å²) >= 11 is 3.43. The lowest BCUT2D eigenvalue weighted by Crippen LogP contribution is -2.23. The first-order valence-corrected chi connectivity index (χ1v) is 5.91. The minimum Gasteiger partial charge on any atom is -0.330 e. The highest BCUT2D eigenvalue weighted by Crippen LogP contribution is 2.19. The third-order valence-corrected chi connectivity index (χ3v) is 3.17. The quantitative estimate of drug-likeness (QED) is 0.912. The van der Waals surface area contributed by atoms with Gasteiger partial charge in [-0.2, -0.15) is 0 Å². The fourth-order valence-corrected chi connectivity index (χ4v) is 2.23. The summed E-state index contributed by atoms with van der Waals surface area (Å²) in [6.07, 6.45) is 0.620. The number of nitrogens with two attached hydrogens (primary N) is 1. The molecule has 0 fully saturated rings. The SMILES string of the molecule is Cn1c(=O)c(CCN)cc2cc(Br)ccc21. The number of fused-ring (bicyclic) bond motifs is 1. The Labute approximate surface area is 102 Å². The molecule has 0 spiro atoms. The molecule has 0 aliphatic heterocycles. The molecule has 4 heteroatoms. The van der Waals surface area contributed by atoms with Crippen LogP contribution in [0.15, 0.2) is 33.5 Å². The van der Waals surface area contributed by atoms with Crippen molar-refractivity contribution in [3.05, 3.63) is 44.7 Å². The van der Waals surface area contributed by atoms with Crippen LogP contribution in [0.5, 0.6) is 0 Å². The summed E-state index contributed by atoms with van der Waals surface area (Å²) < 4.78 is 2.68. The van der Waals surface area contributed by atoms with Crippen LogP contribution in [0.25, 0.3) is 10.9 Å². The van der Waals surface area contributed by atoms with Crippen molar-refractivity contribution in [3.8, 4) is 0 Å². The molecule has 2 rings (SSSR count). The molecule has 84 valence electrons. The third-order valence-electron chi connectivity index (χ3n) is 2.67. The van der Waals surface area contributed by atoms with Crippen LogP contribution in [0.2, 0.25) is 0 Å². The van der Waals surface area contributed by atoms with Crippen LogP contribution in [0.4, 0.5) is 0 Å². The molecule has 2 aromatic rings. The molecule has 0 saturated carbocycles. The molecule has 2 N–H and O–H groups in total. The maximum Gasteiger partial charge on any atom is 0.254 e. The average Bonchev–Trinajstić information content (AvgIpc) is 2.25. The maximum absolute atomic E-state index is 12.0. The predicted molar refractivity (Wildman–Crippen MR) is 69.6 cm³/mol. The van der Waals surface area contributed by atoms with E-state index in [1.807, 2.05) is 24.3 Å². The predicted octanol–water partition coefficient (Wildman–Crippen LogP) is 1.80. The first-order chi connectivity index (χ1) is 7.63. The molecule has 1 aromatic heterocycles. The summed E-state index contributed by atoms with van der Waals surface area (Å²) in [4.78, 5) is 12.0. The lowest BCUT2D eigenvalue weighted by atomic mass is 10.1. The van der Waals surface area contributed by atoms with Gasteiger partial charge in [0.1, 0.15) is 0 Å². The number of halogens is 1. The van der Waals surface area contributed by atoms with Crippen LogP contribution in [0.3, 0.4) is 0 Å². The average molecular weight is 281 g/mol. The molecule has 3 nitrogen and oxygen atoms in total. The van der Waals surface area contributed by atoms with E-state index in [2.05, 4.69) is 15.9 Å². The molecule has 1 heterocycles. The van der Waals surface area contributed by atoms with E-state index < -0.39 is 0 Å². The molecule has 0 aliphatic rings. The van der Waals surface area contributed by atoms with Gasteiger partial charge < -0.3 is 10.3 Å². The molecule has 0 saturated heterocycles. The molecule has 0 bridgehead atoms. The summed E-state index contributed by atoms with van der Waals surface area (Å²) in [5, 5.41) is 1.06. The molecule has 0 atom stereocenters. The molecule has 0 aliphatic carbocycles. The minimum atomic E-state index is 0.0419. The van der Waals surface area contributed by atoms with Gasteiger partial charge in [0.05, 0.1) is 5.52 Å². The zero-order valence-corrected chi connectivity index (χ0v) is 10.6. The summed E-state index contributed by atoms with van der Waals surface area (Å²) in [6, 6.07) is 7.81. The van der Waals surface area contributed by atoms with Gasteiger partial charge >= 0.3 is 0 Å². The number of rotatable bonds is 2. The molecule has 16 heavy (non-hydrogen) atoms. The number of nitrogens with zero attached hydrogens (tertiary/aromatic N) is 1. The Morgan fingerprint density at radius 1 is 1.38 bits per heavy atom. The summed E-state index contributed by atoms with van der Waals surface area (Å²) in [5.74, 6) is 0. The van der Waals surface area contributed by atoms with Crippen LogP contribution in [-0.2, 0) is 13.5 Å². The van der Waals surface area contributed by atoms with E-state index >= 15 is 0 Å². The van der Waals surface area contributed by atoms with Gasteiger partial charge in [0, 0.05) is 17.1 Å². The number of aromatic nitrogens is 1. The fourth-order valence-electron chi connectivity index (χ4n) is 1.86. The van der Waals surface area contributed by atoms with Crippen LogP contribution in [0.1, 0.15) is 5.56 Å². The van der Waals surface area contributed by atoms with Crippen LogP contribution in [-0.4, -0.2) is 11.1 Å². The standard InChI is InChI=1S/C12H13BrN2O/c1-15-11-3-2-10(13)7-9(11)6-8(4-5-14)12(15)16/h2-3,6-7H,4-5,14H2,1H3. The zero-order valence-electron chi connectivity index (χ0n) is 9.03. The summed E-state index contributed by atoms with van der Waals surface area (Å²) in [5.41, 5.74) is 7.25. The van der Waals surface area contributed by atoms with Gasteiger partial charge in [0.15, 0.2) is 0 Å². The summed E-state index contributed by atoms with van der Waals surface area (Å²) in [6.45, 7) is 0.495. The lowest BCUT2D eigenvalue weighted by molar-refractivity contribution is 0.856. The van der Waals surface area contributed by atoms with E-state index in [9.17, 15) is 4.79 Å². The van der Waals surface area contributed by atoms with Gasteiger partial charge in [-0.15, -0.1) is 0 Å². The maximum atomic E-state index is 12.0. The van der Waals surface area contributed by atoms with Crippen molar-refractivity contribution >= 4 is 26.8 Å². The normalized spacial score (nSPS) is 10.9. The van der Waals surface area contributed by atoms with E-state index in [-0.39, 0.29) is 5.56 Å². The highest BCUT2D eigenvalue weighted by atomic mass is 79.9. The number of benzene rings is 1. The van der Waals surface area contributed by atoms with Gasteiger partial charge in [0.25, 0.3) is 5.56 Å². The Morgan fingerprint density at radius 3 is 2.81 bits per heavy atom. The fraction of sp³-hybridized carbons (Fsp3) is 0.250. The van der Waals surface area contributed by atoms with Gasteiger partial charge in [-0.1, -0.05) is 15.9 Å². The van der Waals surface area contributed by atoms with E-state index in [1.165, 1.54) is 0 Å². The first kappa shape index (κ1) is 11.4. The van der Waals surface area contributed by atoms with Crippen LogP contribution >= 0.6 is 15.9 Å². The van der Waals surface area contributed by atoms with E-state index in [4.69, 9.17) is 5.73 Å². The van der Waals surface area contributed by atoms with Crippen molar-refractivity contribution in [1.29, 1.82) is 0 Å². The van der Waals surface area contributed by atoms with Crippen molar-refractivity contribution in [1.82, 2.24) is 4.57 Å². The topological polar surface area (TPSA) is 48.0 Å². The van der Waals surface area contributed by atoms with Gasteiger partial charge in [-0.3, -0.25) is 4.79 Å². The number of aryl methyl sites for hydroxylation is 1. The van der Waals surface area contributed by atoms with Crippen LogP contribution < -0.4 is 11.3 Å². The monoisotopic (exact) mass is 280 g/mol. The minimum absolute atomic E-state index is 0.0419. The second-order valence-electron chi connectivity index (χ2n) is 3.78. The first-order valence-electron chi connectivity index (χ1n) is 5.11. The Hall–Kier alpha value is -1.13. The van der Waals surface area contributed by atoms with Gasteiger partial charge in [-0.25, -0.2) is 0 Å². The second-order valence-corrected chi connectivity index (χ2v) is 4.69. The largest absolute Gasteiger partial charge is 0.330 e. The lowest BCUT2D eigenvalue weighted by Gasteiger charge is -2.08. The van der Waals surface area contributed by atoms with E-state index in [0.29, 0.717) is 13.0 Å². The zero-order chi connectivity index (χ0) is 11.7. The summed E-state index contributed by atoms with van der Waals surface area (Å²) in [7, 11) is 1.79. The number of pyridine rings is 1. The van der Waals surface area contributed by atoms with Crippen molar-refractivity contribution < 1.29 is 0 Å². The second kappa shape index (κ2) is 4.39. The van der Waals surface area contributed by atoms with Crippen molar-refractivity contribution in [3.63, 3.8) is 0 Å². The Kier molecular flexibility index (Phi) is 3.12. The Bertz CT molecular complexity index is 589. The third kappa shape index (κ3) is 1.90. The molecule has 1 aromatic carbocycles. The number of hydrogen-bond acceptors (Lipinski definition) is 2. The van der Waals surface area contributed by atoms with Gasteiger partial charge in [-0.05, 0) is 42.6 Å². The highest BCUT2D eigenvalue weighted by molar-refractivity contribution is 9.10. The molecule has 0 unspecified atom stereocenters. The van der Waals surface area contributed by atoms with E-state index in [1.54, 1.807) is 11.6 Å². The van der Waals surface area contributed by atoms with Crippen molar-refractivity contribution in [2.24, 2.45) is 12.8 Å². The Morgan fingerprint density at radius 2 is 2.12 bits per heavy atom. The van der Waals surface area contributed by atoms with Crippen molar-refractivity contribution in [2.75, 3.05) is 6.54 Å². The molecule has 0 amide bonds. The van der Waals surface area contributed by atoms with E-state index in [0.717, 1.165) is 20.9 Å². The molecular formula is C12H13BrN2O. The van der Waals surface area contributed by atoms with Gasteiger partial charge in [0.2, 0.25) is 0 Å². The Balaban J connectivity index is 2.78.